The summed E-state index contributed by atoms with van der Waals surface area (Å²) in [5.41, 5.74) is 1.82. The molecule has 0 bridgehead atoms. The minimum absolute atomic E-state index is 0.350. The topological polar surface area (TPSA) is 23.5 Å². The van der Waals surface area contributed by atoms with Gasteiger partial charge in [0, 0.05) is 19.6 Å². The Kier molecular flexibility index (Phi) is 5.57. The molecule has 0 saturated heterocycles. The quantitative estimate of drug-likeness (QED) is 0.881. The van der Waals surface area contributed by atoms with Crippen molar-refractivity contribution in [3.05, 3.63) is 71.8 Å². The van der Waals surface area contributed by atoms with E-state index in [0.717, 1.165) is 11.1 Å². The first kappa shape index (κ1) is 16.5. The molecule has 118 valence electrons. The Morgan fingerprint density at radius 1 is 0.818 bits per heavy atom. The minimum Gasteiger partial charge on any atom is -0.382 e. The van der Waals surface area contributed by atoms with Gasteiger partial charge in [-0.3, -0.25) is 4.90 Å². The fourth-order valence-corrected chi connectivity index (χ4v) is 2.22. The predicted molar refractivity (Wildman–Crippen MR) is 79.1 cm³/mol. The molecule has 0 aliphatic rings. The van der Waals surface area contributed by atoms with Gasteiger partial charge in [-0.1, -0.05) is 60.7 Å². The first-order valence-corrected chi connectivity index (χ1v) is 7.00. The van der Waals surface area contributed by atoms with Gasteiger partial charge in [0.05, 0.1) is 0 Å². The van der Waals surface area contributed by atoms with Crippen LogP contribution in [0.5, 0.6) is 0 Å². The van der Waals surface area contributed by atoms with E-state index < -0.39 is 18.8 Å². The lowest BCUT2D eigenvalue weighted by molar-refractivity contribution is -0.208. The third-order valence-electron chi connectivity index (χ3n) is 3.31. The molecule has 2 nitrogen and oxygen atoms in total. The maximum atomic E-state index is 12.6. The third kappa shape index (κ3) is 5.16. The molecule has 0 aliphatic heterocycles. The highest BCUT2D eigenvalue weighted by molar-refractivity contribution is 5.17. The number of benzene rings is 2. The highest BCUT2D eigenvalue weighted by atomic mass is 19.4. The maximum absolute atomic E-state index is 12.6. The van der Waals surface area contributed by atoms with Crippen LogP contribution in [0, 0.1) is 0 Å². The van der Waals surface area contributed by atoms with Crippen LogP contribution in [0.2, 0.25) is 0 Å². The van der Waals surface area contributed by atoms with Crippen LogP contribution in [0.15, 0.2) is 60.7 Å². The second kappa shape index (κ2) is 7.42. The van der Waals surface area contributed by atoms with Crippen LogP contribution < -0.4 is 0 Å². The molecule has 0 unspecified atom stereocenters. The summed E-state index contributed by atoms with van der Waals surface area (Å²) in [7, 11) is 0. The fourth-order valence-electron chi connectivity index (χ4n) is 2.22. The number of aliphatic hydroxyl groups is 1. The summed E-state index contributed by atoms with van der Waals surface area (Å²) in [6, 6.07) is 18.5. The van der Waals surface area contributed by atoms with Crippen molar-refractivity contribution in [3.8, 4) is 0 Å². The molecule has 22 heavy (non-hydrogen) atoms. The number of hydrogen-bond acceptors (Lipinski definition) is 2. The average molecular weight is 309 g/mol. The lowest BCUT2D eigenvalue weighted by Crippen LogP contribution is -2.40. The van der Waals surface area contributed by atoms with E-state index in [4.69, 9.17) is 0 Å². The van der Waals surface area contributed by atoms with Crippen molar-refractivity contribution in [1.29, 1.82) is 0 Å². The SMILES string of the molecule is O[C@@H](CN(Cc1ccccc1)Cc1ccccc1)C(F)(F)F. The summed E-state index contributed by atoms with van der Waals surface area (Å²) >= 11 is 0. The third-order valence-corrected chi connectivity index (χ3v) is 3.31. The highest BCUT2D eigenvalue weighted by Crippen LogP contribution is 2.22. The Balaban J connectivity index is 2.09. The van der Waals surface area contributed by atoms with E-state index in [2.05, 4.69) is 0 Å². The summed E-state index contributed by atoms with van der Waals surface area (Å²) < 4.78 is 37.8. The standard InChI is InChI=1S/C17H18F3NO/c18-17(19,20)16(22)13-21(11-14-7-3-1-4-8-14)12-15-9-5-2-6-10-15/h1-10,16,22H,11-13H2/t16-/m0/s1. The monoisotopic (exact) mass is 309 g/mol. The Morgan fingerprint density at radius 2 is 1.23 bits per heavy atom. The van der Waals surface area contributed by atoms with Crippen LogP contribution in [0.4, 0.5) is 13.2 Å². The average Bonchev–Trinajstić information content (AvgIpc) is 2.48. The summed E-state index contributed by atoms with van der Waals surface area (Å²) in [5.74, 6) is 0. The largest absolute Gasteiger partial charge is 0.415 e. The minimum atomic E-state index is -4.61. The highest BCUT2D eigenvalue weighted by Gasteiger charge is 2.39. The van der Waals surface area contributed by atoms with Gasteiger partial charge in [0.2, 0.25) is 0 Å². The van der Waals surface area contributed by atoms with E-state index in [1.165, 1.54) is 0 Å². The Labute approximate surface area is 127 Å². The first-order valence-electron chi connectivity index (χ1n) is 7.00. The molecule has 2 aromatic rings. The van der Waals surface area contributed by atoms with E-state index in [1.807, 2.05) is 60.7 Å². The van der Waals surface area contributed by atoms with Gasteiger partial charge in [-0.2, -0.15) is 13.2 Å². The molecule has 0 radical (unpaired) electrons. The zero-order valence-corrected chi connectivity index (χ0v) is 12.0. The molecule has 5 heteroatoms. The molecule has 0 spiro atoms. The van der Waals surface area contributed by atoms with Gasteiger partial charge in [-0.05, 0) is 11.1 Å². The van der Waals surface area contributed by atoms with Crippen LogP contribution in [0.3, 0.4) is 0 Å². The van der Waals surface area contributed by atoms with E-state index in [-0.39, 0.29) is 0 Å². The van der Waals surface area contributed by atoms with Crippen molar-refractivity contribution in [1.82, 2.24) is 4.90 Å². The van der Waals surface area contributed by atoms with Crippen molar-refractivity contribution < 1.29 is 18.3 Å². The lowest BCUT2D eigenvalue weighted by Gasteiger charge is -2.26. The van der Waals surface area contributed by atoms with Crippen LogP contribution >= 0.6 is 0 Å². The smallest absolute Gasteiger partial charge is 0.382 e. The number of hydrogen-bond donors (Lipinski definition) is 1. The molecule has 0 saturated carbocycles. The summed E-state index contributed by atoms with van der Waals surface area (Å²) in [4.78, 5) is 1.60. The second-order valence-electron chi connectivity index (χ2n) is 5.20. The number of nitrogens with zero attached hydrogens (tertiary/aromatic N) is 1. The molecular weight excluding hydrogens is 291 g/mol. The van der Waals surface area contributed by atoms with Crippen LogP contribution in [-0.2, 0) is 13.1 Å². The van der Waals surface area contributed by atoms with E-state index in [9.17, 15) is 18.3 Å². The van der Waals surface area contributed by atoms with E-state index in [0.29, 0.717) is 13.1 Å². The number of halogens is 3. The van der Waals surface area contributed by atoms with Gasteiger partial charge in [0.25, 0.3) is 0 Å². The molecule has 1 atom stereocenters. The molecule has 0 fully saturated rings. The molecule has 0 heterocycles. The normalized spacial score (nSPS) is 13.3. The summed E-state index contributed by atoms with van der Waals surface area (Å²) in [6.07, 6.45) is -6.95. The van der Waals surface area contributed by atoms with Crippen molar-refractivity contribution in [2.45, 2.75) is 25.4 Å². The van der Waals surface area contributed by atoms with Gasteiger partial charge in [0.1, 0.15) is 0 Å². The maximum Gasteiger partial charge on any atom is 0.415 e. The zero-order valence-electron chi connectivity index (χ0n) is 12.0. The molecule has 2 aromatic carbocycles. The van der Waals surface area contributed by atoms with Crippen LogP contribution in [-0.4, -0.2) is 28.8 Å². The van der Waals surface area contributed by atoms with Gasteiger partial charge < -0.3 is 5.11 Å². The van der Waals surface area contributed by atoms with Crippen molar-refractivity contribution in [3.63, 3.8) is 0 Å². The second-order valence-corrected chi connectivity index (χ2v) is 5.20. The molecule has 0 amide bonds. The van der Waals surface area contributed by atoms with Crippen LogP contribution in [0.25, 0.3) is 0 Å². The van der Waals surface area contributed by atoms with Crippen LogP contribution in [0.1, 0.15) is 11.1 Å². The zero-order chi connectivity index (χ0) is 16.0. The van der Waals surface area contributed by atoms with E-state index >= 15 is 0 Å². The first-order chi connectivity index (χ1) is 10.4. The molecule has 2 rings (SSSR count). The Bertz CT molecular complexity index is 516. The summed E-state index contributed by atoms with van der Waals surface area (Å²) in [5, 5.41) is 9.35. The summed E-state index contributed by atoms with van der Waals surface area (Å²) in [6.45, 7) is 0.249. The molecule has 0 aromatic heterocycles. The van der Waals surface area contributed by atoms with Gasteiger partial charge in [-0.15, -0.1) is 0 Å². The van der Waals surface area contributed by atoms with Crippen molar-refractivity contribution in [2.75, 3.05) is 6.54 Å². The number of rotatable bonds is 6. The van der Waals surface area contributed by atoms with Gasteiger partial charge in [0.15, 0.2) is 6.10 Å². The van der Waals surface area contributed by atoms with Gasteiger partial charge in [-0.25, -0.2) is 0 Å². The molecule has 0 aliphatic carbocycles. The number of aliphatic hydroxyl groups excluding tert-OH is 1. The molecular formula is C17H18F3NO. The lowest BCUT2D eigenvalue weighted by atomic mass is 10.1. The van der Waals surface area contributed by atoms with E-state index in [1.54, 1.807) is 4.90 Å². The van der Waals surface area contributed by atoms with Gasteiger partial charge >= 0.3 is 6.18 Å². The number of alkyl halides is 3. The Hall–Kier alpha value is -1.85. The Morgan fingerprint density at radius 3 is 1.59 bits per heavy atom. The van der Waals surface area contributed by atoms with Crippen molar-refractivity contribution in [2.24, 2.45) is 0 Å². The fraction of sp³-hybridized carbons (Fsp3) is 0.294. The van der Waals surface area contributed by atoms with Crippen molar-refractivity contribution >= 4 is 0 Å². The predicted octanol–water partition coefficient (Wildman–Crippen LogP) is 3.61. The molecule has 1 N–H and O–H groups in total.